The Kier molecular flexibility index (Phi) is 5.06. The van der Waals surface area contributed by atoms with Gasteiger partial charge in [0.1, 0.15) is 16.7 Å². The highest BCUT2D eigenvalue weighted by Crippen LogP contribution is 2.30. The van der Waals surface area contributed by atoms with Crippen molar-refractivity contribution >= 4 is 47.8 Å². The molecule has 0 bridgehead atoms. The summed E-state index contributed by atoms with van der Waals surface area (Å²) < 4.78 is 26.2. The molecule has 0 saturated carbocycles. The van der Waals surface area contributed by atoms with E-state index in [1.165, 1.54) is 36.4 Å². The smallest absolute Gasteiger partial charge is 0.217 e. The fourth-order valence-corrected chi connectivity index (χ4v) is 4.35. The highest BCUT2D eigenvalue weighted by molar-refractivity contribution is 9.11. The number of benzene rings is 2. The summed E-state index contributed by atoms with van der Waals surface area (Å²) >= 11 is 6.41. The summed E-state index contributed by atoms with van der Waals surface area (Å²) in [7, 11) is -3.95. The molecular weight excluding hydrogens is 434 g/mol. The fourth-order valence-electron chi connectivity index (χ4n) is 1.69. The van der Waals surface area contributed by atoms with Crippen LogP contribution in [0.2, 0.25) is 0 Å². The average molecular weight is 443 g/mol. The highest BCUT2D eigenvalue weighted by atomic mass is 79.9. The van der Waals surface area contributed by atoms with Gasteiger partial charge in [-0.1, -0.05) is 28.1 Å². The molecule has 0 aliphatic heterocycles. The molecule has 0 saturated heterocycles. The molecule has 0 aliphatic rings. The zero-order valence-corrected chi connectivity index (χ0v) is 15.0. The Balaban J connectivity index is 2.57. The van der Waals surface area contributed by atoms with Crippen molar-refractivity contribution < 1.29 is 13.5 Å². The SMILES string of the molecule is N#C/C(=C\c1ccc(O)cc1)S(=O)(=O)c1cc(Br)ccc1Br. The molecule has 0 aliphatic carbocycles. The van der Waals surface area contributed by atoms with E-state index in [0.717, 1.165) is 0 Å². The first-order valence-corrected chi connectivity index (χ1v) is 9.02. The third-order valence-corrected chi connectivity index (χ3v) is 5.93. The molecule has 7 heteroatoms. The van der Waals surface area contributed by atoms with Crippen LogP contribution in [0.1, 0.15) is 5.56 Å². The number of halogens is 2. The van der Waals surface area contributed by atoms with E-state index in [4.69, 9.17) is 0 Å². The Hall–Kier alpha value is -1.62. The molecule has 0 atom stereocenters. The lowest BCUT2D eigenvalue weighted by molar-refractivity contribution is 0.475. The number of nitrogens with zero attached hydrogens (tertiary/aromatic N) is 1. The highest BCUT2D eigenvalue weighted by Gasteiger charge is 2.23. The number of phenols is 1. The minimum atomic E-state index is -3.95. The number of rotatable bonds is 3. The van der Waals surface area contributed by atoms with Gasteiger partial charge in [0.15, 0.2) is 0 Å². The van der Waals surface area contributed by atoms with Crippen LogP contribution in [0.25, 0.3) is 6.08 Å². The number of nitriles is 1. The van der Waals surface area contributed by atoms with Crippen LogP contribution in [0.3, 0.4) is 0 Å². The lowest BCUT2D eigenvalue weighted by atomic mass is 10.2. The Morgan fingerprint density at radius 1 is 1.14 bits per heavy atom. The van der Waals surface area contributed by atoms with E-state index in [1.54, 1.807) is 18.2 Å². The minimum Gasteiger partial charge on any atom is -0.508 e. The van der Waals surface area contributed by atoms with E-state index in [0.29, 0.717) is 14.5 Å². The predicted molar refractivity (Wildman–Crippen MR) is 90.7 cm³/mol. The summed E-state index contributed by atoms with van der Waals surface area (Å²) in [5, 5.41) is 18.5. The summed E-state index contributed by atoms with van der Waals surface area (Å²) in [4.78, 5) is -0.370. The number of aromatic hydroxyl groups is 1. The Labute approximate surface area is 144 Å². The maximum absolute atomic E-state index is 12.6. The molecule has 0 aromatic heterocycles. The molecule has 0 unspecified atom stereocenters. The van der Waals surface area contributed by atoms with E-state index in [2.05, 4.69) is 31.9 Å². The van der Waals surface area contributed by atoms with E-state index < -0.39 is 9.84 Å². The van der Waals surface area contributed by atoms with Crippen molar-refractivity contribution in [2.75, 3.05) is 0 Å². The standard InChI is InChI=1S/C15H9Br2NO3S/c16-11-3-6-14(17)15(8-11)22(20,21)13(9-18)7-10-1-4-12(19)5-2-10/h1-8,19H/b13-7+. The summed E-state index contributed by atoms with van der Waals surface area (Å²) in [5.41, 5.74) is 0.504. The van der Waals surface area contributed by atoms with Crippen LogP contribution in [0, 0.1) is 11.3 Å². The van der Waals surface area contributed by atoms with Gasteiger partial charge < -0.3 is 5.11 Å². The number of allylic oxidation sites excluding steroid dienone is 1. The molecule has 4 nitrogen and oxygen atoms in total. The lowest BCUT2D eigenvalue weighted by Crippen LogP contribution is -2.04. The van der Waals surface area contributed by atoms with Gasteiger partial charge >= 0.3 is 0 Å². The number of hydrogen-bond donors (Lipinski definition) is 1. The Morgan fingerprint density at radius 3 is 2.36 bits per heavy atom. The zero-order chi connectivity index (χ0) is 16.3. The summed E-state index contributed by atoms with van der Waals surface area (Å²) in [6.45, 7) is 0. The summed E-state index contributed by atoms with van der Waals surface area (Å²) in [6.07, 6.45) is 1.27. The predicted octanol–water partition coefficient (Wildman–Crippen LogP) is 4.26. The molecule has 0 amide bonds. The van der Waals surface area contributed by atoms with Gasteiger partial charge in [-0.15, -0.1) is 0 Å². The van der Waals surface area contributed by atoms with Crippen molar-refractivity contribution in [3.05, 3.63) is 61.9 Å². The normalized spacial score (nSPS) is 12.0. The molecule has 2 aromatic rings. The second-order valence-corrected chi connectivity index (χ2v) is 7.95. The van der Waals surface area contributed by atoms with Gasteiger partial charge in [0.25, 0.3) is 0 Å². The number of hydrogen-bond acceptors (Lipinski definition) is 4. The number of phenolic OH excluding ortho intramolecular Hbond substituents is 1. The quantitative estimate of drug-likeness (QED) is 0.720. The average Bonchev–Trinajstić information content (AvgIpc) is 2.48. The van der Waals surface area contributed by atoms with Gasteiger partial charge in [-0.05, 0) is 57.9 Å². The second kappa shape index (κ2) is 6.65. The molecule has 0 radical (unpaired) electrons. The van der Waals surface area contributed by atoms with Crippen molar-refractivity contribution in [2.24, 2.45) is 0 Å². The molecule has 0 spiro atoms. The van der Waals surface area contributed by atoms with Crippen molar-refractivity contribution in [1.29, 1.82) is 5.26 Å². The topological polar surface area (TPSA) is 78.2 Å². The monoisotopic (exact) mass is 441 g/mol. The third-order valence-electron chi connectivity index (χ3n) is 2.77. The Bertz CT molecular complexity index is 882. The van der Waals surface area contributed by atoms with Crippen molar-refractivity contribution in [1.82, 2.24) is 0 Å². The molecule has 0 fully saturated rings. The molecule has 2 rings (SSSR count). The molecule has 1 N–H and O–H groups in total. The van der Waals surface area contributed by atoms with Crippen LogP contribution in [0.5, 0.6) is 5.75 Å². The van der Waals surface area contributed by atoms with E-state index in [-0.39, 0.29) is 15.6 Å². The maximum Gasteiger partial charge on any atom is 0.217 e. The van der Waals surface area contributed by atoms with Crippen LogP contribution in [0.15, 0.2) is 61.2 Å². The first-order valence-electron chi connectivity index (χ1n) is 5.95. The maximum atomic E-state index is 12.6. The summed E-state index contributed by atoms with van der Waals surface area (Å²) in [6, 6.07) is 12.3. The number of sulfone groups is 1. The van der Waals surface area contributed by atoms with Crippen molar-refractivity contribution in [3.8, 4) is 11.8 Å². The van der Waals surface area contributed by atoms with Crippen molar-refractivity contribution in [2.45, 2.75) is 4.90 Å². The molecule has 112 valence electrons. The minimum absolute atomic E-state index is 0.00783. The Morgan fingerprint density at radius 2 is 1.77 bits per heavy atom. The largest absolute Gasteiger partial charge is 0.508 e. The fraction of sp³-hybridized carbons (Fsp3) is 0. The second-order valence-electron chi connectivity index (χ2n) is 4.29. The molecule has 2 aromatic carbocycles. The first-order chi connectivity index (χ1) is 10.3. The van der Waals surface area contributed by atoms with E-state index in [9.17, 15) is 18.8 Å². The van der Waals surface area contributed by atoms with Crippen LogP contribution < -0.4 is 0 Å². The van der Waals surface area contributed by atoms with Gasteiger partial charge in [0, 0.05) is 8.95 Å². The zero-order valence-electron chi connectivity index (χ0n) is 11.0. The van der Waals surface area contributed by atoms with Gasteiger partial charge in [0.05, 0.1) is 4.90 Å². The molecule has 22 heavy (non-hydrogen) atoms. The van der Waals surface area contributed by atoms with Gasteiger partial charge in [-0.2, -0.15) is 5.26 Å². The van der Waals surface area contributed by atoms with E-state index >= 15 is 0 Å². The molecule has 0 heterocycles. The van der Waals surface area contributed by atoms with E-state index in [1.807, 2.05) is 0 Å². The molecular formula is C15H9Br2NO3S. The van der Waals surface area contributed by atoms with Crippen molar-refractivity contribution in [3.63, 3.8) is 0 Å². The summed E-state index contributed by atoms with van der Waals surface area (Å²) in [5.74, 6) is 0.0632. The van der Waals surface area contributed by atoms with Gasteiger partial charge in [-0.3, -0.25) is 0 Å². The first kappa shape index (κ1) is 16.7. The van der Waals surface area contributed by atoms with Gasteiger partial charge in [0.2, 0.25) is 9.84 Å². The lowest BCUT2D eigenvalue weighted by Gasteiger charge is -2.06. The van der Waals surface area contributed by atoms with Crippen LogP contribution >= 0.6 is 31.9 Å². The third kappa shape index (κ3) is 3.58. The van der Waals surface area contributed by atoms with Crippen LogP contribution in [0.4, 0.5) is 0 Å². The van der Waals surface area contributed by atoms with Crippen LogP contribution in [-0.2, 0) is 9.84 Å². The van der Waals surface area contributed by atoms with Crippen LogP contribution in [-0.4, -0.2) is 13.5 Å². The van der Waals surface area contributed by atoms with Gasteiger partial charge in [-0.25, -0.2) is 8.42 Å².